The fourth-order valence-corrected chi connectivity index (χ4v) is 5.57. The molecule has 3 rings (SSSR count). The van der Waals surface area contributed by atoms with Crippen LogP contribution in [0.5, 0.6) is 0 Å². The molecule has 0 bridgehead atoms. The summed E-state index contributed by atoms with van der Waals surface area (Å²) in [7, 11) is -3.49. The smallest absolute Gasteiger partial charge is 0.243 e. The summed E-state index contributed by atoms with van der Waals surface area (Å²) in [6.07, 6.45) is 1.86. The first kappa shape index (κ1) is 23.4. The number of hydrogen-bond acceptors (Lipinski definition) is 4. The highest BCUT2D eigenvalue weighted by molar-refractivity contribution is 7.89. The highest BCUT2D eigenvalue weighted by Gasteiger charge is 2.26. The van der Waals surface area contributed by atoms with Crippen LogP contribution >= 0.6 is 0 Å². The van der Waals surface area contributed by atoms with Gasteiger partial charge >= 0.3 is 0 Å². The van der Waals surface area contributed by atoms with E-state index in [1.807, 2.05) is 19.9 Å². The van der Waals surface area contributed by atoms with Crippen LogP contribution in [0.2, 0.25) is 0 Å². The van der Waals surface area contributed by atoms with Crippen molar-refractivity contribution in [1.29, 1.82) is 0 Å². The van der Waals surface area contributed by atoms with E-state index in [1.54, 1.807) is 24.3 Å². The number of piperidine rings is 1. The van der Waals surface area contributed by atoms with Crippen LogP contribution < -0.4 is 5.32 Å². The molecule has 6 nitrogen and oxygen atoms in total. The second-order valence-corrected chi connectivity index (χ2v) is 10.0. The predicted molar refractivity (Wildman–Crippen MR) is 124 cm³/mol. The van der Waals surface area contributed by atoms with E-state index < -0.39 is 10.0 Å². The fourth-order valence-electron chi connectivity index (χ4n) is 4.11. The number of aryl methyl sites for hydroxylation is 1. The van der Waals surface area contributed by atoms with Gasteiger partial charge in [0.1, 0.15) is 0 Å². The molecular weight excluding hydrogens is 410 g/mol. The van der Waals surface area contributed by atoms with Crippen molar-refractivity contribution in [1.82, 2.24) is 9.21 Å². The van der Waals surface area contributed by atoms with E-state index in [-0.39, 0.29) is 16.7 Å². The van der Waals surface area contributed by atoms with Gasteiger partial charge in [-0.2, -0.15) is 4.31 Å². The van der Waals surface area contributed by atoms with E-state index in [9.17, 15) is 13.2 Å². The molecular formula is C24H33N3O3S. The molecule has 1 aliphatic rings. The molecule has 2 aromatic rings. The van der Waals surface area contributed by atoms with Crippen molar-refractivity contribution in [2.24, 2.45) is 5.92 Å². The Morgan fingerprint density at radius 1 is 1.10 bits per heavy atom. The monoisotopic (exact) mass is 443 g/mol. The Bertz CT molecular complexity index is 985. The highest BCUT2D eigenvalue weighted by Crippen LogP contribution is 2.23. The zero-order chi connectivity index (χ0) is 22.4. The van der Waals surface area contributed by atoms with Gasteiger partial charge in [0, 0.05) is 31.9 Å². The molecule has 1 N–H and O–H groups in total. The molecule has 1 aliphatic heterocycles. The second kappa shape index (κ2) is 10.4. The maximum absolute atomic E-state index is 12.9. The van der Waals surface area contributed by atoms with Gasteiger partial charge in [-0.05, 0) is 61.7 Å². The Labute approximate surface area is 186 Å². The Kier molecular flexibility index (Phi) is 7.86. The van der Waals surface area contributed by atoms with Gasteiger partial charge in [-0.25, -0.2) is 8.42 Å². The maximum Gasteiger partial charge on any atom is 0.243 e. The van der Waals surface area contributed by atoms with Crippen LogP contribution in [0.3, 0.4) is 0 Å². The molecule has 168 valence electrons. The lowest BCUT2D eigenvalue weighted by Gasteiger charge is -2.32. The third kappa shape index (κ3) is 5.73. The van der Waals surface area contributed by atoms with E-state index in [0.29, 0.717) is 18.8 Å². The quantitative estimate of drug-likeness (QED) is 0.672. The van der Waals surface area contributed by atoms with Crippen molar-refractivity contribution in [2.45, 2.75) is 45.1 Å². The number of carbonyl (C=O) groups excluding carboxylic acids is 1. The first-order valence-electron chi connectivity index (χ1n) is 11.0. The van der Waals surface area contributed by atoms with Crippen molar-refractivity contribution >= 4 is 21.6 Å². The summed E-state index contributed by atoms with van der Waals surface area (Å²) in [6.45, 7) is 9.20. The third-order valence-corrected chi connectivity index (χ3v) is 8.06. The van der Waals surface area contributed by atoms with E-state index in [4.69, 9.17) is 0 Å². The molecule has 0 aliphatic carbocycles. The maximum atomic E-state index is 12.9. The van der Waals surface area contributed by atoms with Gasteiger partial charge in [-0.1, -0.05) is 38.1 Å². The van der Waals surface area contributed by atoms with Crippen LogP contribution in [0.4, 0.5) is 5.69 Å². The lowest BCUT2D eigenvalue weighted by molar-refractivity contribution is -0.121. The summed E-state index contributed by atoms with van der Waals surface area (Å²) in [5.41, 5.74) is 3.20. The van der Waals surface area contributed by atoms with Gasteiger partial charge in [-0.15, -0.1) is 0 Å². The summed E-state index contributed by atoms with van der Waals surface area (Å²) in [6, 6.07) is 14.8. The van der Waals surface area contributed by atoms with Gasteiger partial charge in [-0.3, -0.25) is 9.69 Å². The molecule has 2 aromatic carbocycles. The molecule has 0 spiro atoms. The van der Waals surface area contributed by atoms with Gasteiger partial charge in [0.05, 0.1) is 10.8 Å². The minimum Gasteiger partial charge on any atom is -0.326 e. The number of hydrogen-bond donors (Lipinski definition) is 1. The Morgan fingerprint density at radius 3 is 2.42 bits per heavy atom. The van der Waals surface area contributed by atoms with E-state index >= 15 is 0 Å². The predicted octanol–water partition coefficient (Wildman–Crippen LogP) is 3.88. The largest absolute Gasteiger partial charge is 0.326 e. The molecule has 0 saturated carbocycles. The first-order chi connectivity index (χ1) is 14.8. The second-order valence-electron chi connectivity index (χ2n) is 8.10. The molecule has 31 heavy (non-hydrogen) atoms. The minimum atomic E-state index is -3.49. The summed E-state index contributed by atoms with van der Waals surface area (Å²) in [5.74, 6) is -0.0781. The highest BCUT2D eigenvalue weighted by atomic mass is 32.2. The summed E-state index contributed by atoms with van der Waals surface area (Å²) in [5, 5.41) is 2.97. The number of benzene rings is 2. The van der Waals surface area contributed by atoms with Gasteiger partial charge in [0.15, 0.2) is 0 Å². The van der Waals surface area contributed by atoms with Crippen molar-refractivity contribution in [3.05, 3.63) is 59.7 Å². The Hall–Kier alpha value is -2.22. The van der Waals surface area contributed by atoms with E-state index in [0.717, 1.165) is 32.5 Å². The summed E-state index contributed by atoms with van der Waals surface area (Å²) < 4.78 is 26.7. The number of nitrogens with one attached hydrogen (secondary N) is 1. The Balaban J connectivity index is 1.61. The lowest BCUT2D eigenvalue weighted by Crippen LogP contribution is -2.40. The topological polar surface area (TPSA) is 69.7 Å². The zero-order valence-electron chi connectivity index (χ0n) is 18.7. The van der Waals surface area contributed by atoms with Crippen molar-refractivity contribution in [2.75, 3.05) is 31.5 Å². The van der Waals surface area contributed by atoms with Crippen LogP contribution in [0.1, 0.15) is 37.8 Å². The molecule has 1 fully saturated rings. The molecule has 7 heteroatoms. The average Bonchev–Trinajstić information content (AvgIpc) is 2.76. The molecule has 1 atom stereocenters. The molecule has 0 radical (unpaired) electrons. The normalized spacial score (nSPS) is 17.6. The van der Waals surface area contributed by atoms with Gasteiger partial charge < -0.3 is 5.32 Å². The van der Waals surface area contributed by atoms with Crippen molar-refractivity contribution < 1.29 is 13.2 Å². The number of carbonyl (C=O) groups is 1. The fraction of sp³-hybridized carbons (Fsp3) is 0.458. The SMILES string of the molecule is CCN(CC)S(=O)(=O)c1ccc(NC(=O)C2CCCN(Cc3ccccc3C)C2)cc1. The van der Waals surface area contributed by atoms with Crippen LogP contribution in [-0.4, -0.2) is 49.7 Å². The number of amides is 1. The summed E-state index contributed by atoms with van der Waals surface area (Å²) in [4.78, 5) is 15.4. The van der Waals surface area contributed by atoms with Gasteiger partial charge in [0.25, 0.3) is 0 Å². The number of likely N-dealkylation sites (tertiary alicyclic amines) is 1. The van der Waals surface area contributed by atoms with Crippen LogP contribution in [0, 0.1) is 12.8 Å². The number of anilines is 1. The van der Waals surface area contributed by atoms with Crippen LogP contribution in [0.25, 0.3) is 0 Å². The number of nitrogens with zero attached hydrogens (tertiary/aromatic N) is 2. The zero-order valence-corrected chi connectivity index (χ0v) is 19.5. The Morgan fingerprint density at radius 2 is 1.77 bits per heavy atom. The van der Waals surface area contributed by atoms with Crippen LogP contribution in [-0.2, 0) is 21.4 Å². The minimum absolute atomic E-state index is 0.00571. The molecule has 1 unspecified atom stereocenters. The number of sulfonamides is 1. The van der Waals surface area contributed by atoms with Crippen molar-refractivity contribution in [3.8, 4) is 0 Å². The first-order valence-corrected chi connectivity index (χ1v) is 12.5. The lowest BCUT2D eigenvalue weighted by atomic mass is 9.96. The van der Waals surface area contributed by atoms with Crippen molar-refractivity contribution in [3.63, 3.8) is 0 Å². The van der Waals surface area contributed by atoms with Crippen LogP contribution in [0.15, 0.2) is 53.4 Å². The number of rotatable bonds is 8. The molecule has 1 heterocycles. The van der Waals surface area contributed by atoms with Gasteiger partial charge in [0.2, 0.25) is 15.9 Å². The summed E-state index contributed by atoms with van der Waals surface area (Å²) >= 11 is 0. The molecule has 0 aromatic heterocycles. The standard InChI is InChI=1S/C24H33N3O3S/c1-4-27(5-2)31(29,30)23-14-12-22(13-15-23)25-24(28)21-11-8-16-26(18-21)17-20-10-7-6-9-19(20)3/h6-7,9-10,12-15,21H,4-5,8,11,16-18H2,1-3H3,(H,25,28). The molecule has 1 saturated heterocycles. The van der Waals surface area contributed by atoms with E-state index in [2.05, 4.69) is 35.3 Å². The molecule has 1 amide bonds. The third-order valence-electron chi connectivity index (χ3n) is 6.00. The average molecular weight is 444 g/mol. The van der Waals surface area contributed by atoms with E-state index in [1.165, 1.54) is 15.4 Å².